The highest BCUT2D eigenvalue weighted by molar-refractivity contribution is 5.82. The fourth-order valence-corrected chi connectivity index (χ4v) is 6.78. The van der Waals surface area contributed by atoms with Gasteiger partial charge in [0.1, 0.15) is 61.0 Å². The summed E-state index contributed by atoms with van der Waals surface area (Å²) in [4.78, 5) is 0. The average Bonchev–Trinajstić information content (AvgIpc) is 3.26. The number of ether oxygens (including phenoxy) is 3. The zero-order valence-corrected chi connectivity index (χ0v) is 22.8. The van der Waals surface area contributed by atoms with E-state index in [1.807, 2.05) is 36.4 Å². The van der Waals surface area contributed by atoms with Crippen molar-refractivity contribution in [1.82, 2.24) is 0 Å². The number of aliphatic hydroxyl groups is 8. The Balaban J connectivity index is 1.35. The van der Waals surface area contributed by atoms with Crippen molar-refractivity contribution in [3.63, 3.8) is 0 Å². The molecule has 226 valence electrons. The van der Waals surface area contributed by atoms with Crippen molar-refractivity contribution >= 4 is 0 Å². The minimum absolute atomic E-state index is 0.423. The van der Waals surface area contributed by atoms with Gasteiger partial charge >= 0.3 is 0 Å². The van der Waals surface area contributed by atoms with E-state index in [4.69, 9.17) is 14.2 Å². The first kappa shape index (κ1) is 29.6. The molecule has 0 bridgehead atoms. The van der Waals surface area contributed by atoms with Crippen LogP contribution < -0.4 is 0 Å². The molecule has 4 aliphatic rings. The maximum absolute atomic E-state index is 10.8. The van der Waals surface area contributed by atoms with Gasteiger partial charge in [-0.25, -0.2) is 0 Å². The smallest absolute Gasteiger partial charge is 0.147 e. The van der Waals surface area contributed by atoms with E-state index < -0.39 is 79.7 Å². The fraction of sp³-hybridized carbons (Fsp3) is 0.548. The Labute approximate surface area is 242 Å². The van der Waals surface area contributed by atoms with E-state index in [9.17, 15) is 40.9 Å². The number of aliphatic hydroxyl groups excluding tert-OH is 8. The molecule has 11 nitrogen and oxygen atoms in total. The second-order valence-corrected chi connectivity index (χ2v) is 11.5. The number of hydrogen-bond donors (Lipinski definition) is 8. The van der Waals surface area contributed by atoms with Crippen LogP contribution in [0.15, 0.2) is 36.4 Å². The third-order valence-electron chi connectivity index (χ3n) is 9.20. The molecule has 3 heterocycles. The van der Waals surface area contributed by atoms with Gasteiger partial charge in [0.05, 0.1) is 13.2 Å². The molecule has 2 aromatic carbocycles. The summed E-state index contributed by atoms with van der Waals surface area (Å²) in [5, 5.41) is 81.0. The van der Waals surface area contributed by atoms with E-state index in [1.54, 1.807) is 0 Å². The van der Waals surface area contributed by atoms with Crippen molar-refractivity contribution in [1.29, 1.82) is 0 Å². The Hall–Kier alpha value is -2.44. The standard InChI is InChI=1S/C31H36O11/c32-13-22-25(35)27(37)24(34)21(41-22)6-2-15-1-4-17-18-5-3-16(30-29(39)28(38)26(36)23(14-33)42-30)12-20(18)31(19(17)11-15)7-9-40-10-8-31/h1,3-5,11-12,21-30,32-39H,7-10,13-14H2/t21-,22-,23-,24-,25-,26-,27-,28+,29+,30-/m1/s1. The summed E-state index contributed by atoms with van der Waals surface area (Å²) in [5.74, 6) is 5.87. The lowest BCUT2D eigenvalue weighted by molar-refractivity contribution is -0.231. The second kappa shape index (κ2) is 11.6. The zero-order chi connectivity index (χ0) is 29.8. The van der Waals surface area contributed by atoms with Crippen molar-refractivity contribution in [3.05, 3.63) is 58.7 Å². The van der Waals surface area contributed by atoms with Crippen molar-refractivity contribution < 1.29 is 55.1 Å². The summed E-state index contributed by atoms with van der Waals surface area (Å²) in [7, 11) is 0. The fourth-order valence-electron chi connectivity index (χ4n) is 6.78. The number of hydrogen-bond acceptors (Lipinski definition) is 11. The van der Waals surface area contributed by atoms with Gasteiger partial charge in [0, 0.05) is 24.2 Å². The Kier molecular flexibility index (Phi) is 8.16. The maximum atomic E-state index is 10.8. The third-order valence-corrected chi connectivity index (χ3v) is 9.20. The van der Waals surface area contributed by atoms with Gasteiger partial charge in [-0.2, -0.15) is 0 Å². The average molecular weight is 585 g/mol. The molecule has 1 spiro atoms. The summed E-state index contributed by atoms with van der Waals surface area (Å²) >= 11 is 0. The van der Waals surface area contributed by atoms with Gasteiger partial charge in [0.2, 0.25) is 0 Å². The molecule has 0 saturated carbocycles. The largest absolute Gasteiger partial charge is 0.394 e. The van der Waals surface area contributed by atoms with Gasteiger partial charge in [-0.15, -0.1) is 0 Å². The molecule has 0 unspecified atom stereocenters. The summed E-state index contributed by atoms with van der Waals surface area (Å²) in [6.45, 7) is 0.0236. The molecule has 42 heavy (non-hydrogen) atoms. The van der Waals surface area contributed by atoms with Crippen LogP contribution in [0.25, 0.3) is 11.1 Å². The van der Waals surface area contributed by atoms with Crippen LogP contribution in [0, 0.1) is 11.8 Å². The molecule has 0 amide bonds. The van der Waals surface area contributed by atoms with Crippen LogP contribution in [0.3, 0.4) is 0 Å². The molecule has 8 N–H and O–H groups in total. The molecule has 3 saturated heterocycles. The first-order chi connectivity index (χ1) is 20.2. The minimum Gasteiger partial charge on any atom is -0.394 e. The van der Waals surface area contributed by atoms with Crippen molar-refractivity contribution in [2.45, 2.75) is 79.3 Å². The molecule has 0 aromatic heterocycles. The van der Waals surface area contributed by atoms with Crippen LogP contribution in [0.5, 0.6) is 0 Å². The Morgan fingerprint density at radius 1 is 0.690 bits per heavy atom. The Morgan fingerprint density at radius 2 is 1.29 bits per heavy atom. The zero-order valence-electron chi connectivity index (χ0n) is 22.8. The van der Waals surface area contributed by atoms with E-state index >= 15 is 0 Å². The van der Waals surface area contributed by atoms with E-state index in [0.717, 1.165) is 22.3 Å². The first-order valence-corrected chi connectivity index (χ1v) is 14.2. The Bertz CT molecular complexity index is 1360. The second-order valence-electron chi connectivity index (χ2n) is 11.5. The van der Waals surface area contributed by atoms with Gasteiger partial charge in [-0.3, -0.25) is 0 Å². The van der Waals surface area contributed by atoms with E-state index in [-0.39, 0.29) is 0 Å². The number of rotatable bonds is 3. The van der Waals surface area contributed by atoms with Crippen molar-refractivity contribution in [3.8, 4) is 23.0 Å². The van der Waals surface area contributed by atoms with Gasteiger partial charge in [-0.05, 0) is 52.8 Å². The van der Waals surface area contributed by atoms with Gasteiger partial charge in [-0.1, -0.05) is 36.1 Å². The molecule has 10 atom stereocenters. The quantitative estimate of drug-likeness (QED) is 0.196. The predicted octanol–water partition coefficient (Wildman–Crippen LogP) is -1.53. The molecule has 6 rings (SSSR count). The Morgan fingerprint density at radius 3 is 1.95 bits per heavy atom. The number of benzene rings is 2. The molecule has 2 aromatic rings. The highest BCUT2D eigenvalue weighted by Gasteiger charge is 2.47. The lowest BCUT2D eigenvalue weighted by Crippen LogP contribution is -2.58. The molecule has 3 aliphatic heterocycles. The third kappa shape index (κ3) is 4.77. The summed E-state index contributed by atoms with van der Waals surface area (Å²) in [5.41, 5.74) is 4.94. The molecule has 1 aliphatic carbocycles. The van der Waals surface area contributed by atoms with E-state index in [1.165, 1.54) is 0 Å². The SMILES string of the molecule is OC[C@H]1O[C@H](c2ccc3c(c2)C2(CCOCC2)c2cc(C#C[C@H]4O[C@H](CO)[C@@H](O)[C@H](O)[C@@H]4O)ccc2-3)[C@@H](O)[C@@H](O)[C@@H]1O. The summed E-state index contributed by atoms with van der Waals surface area (Å²) < 4.78 is 17.1. The normalized spacial score (nSPS) is 37.0. The topological polar surface area (TPSA) is 190 Å². The first-order valence-electron chi connectivity index (χ1n) is 14.2. The molecule has 0 radical (unpaired) electrons. The van der Waals surface area contributed by atoms with E-state index in [0.29, 0.717) is 37.2 Å². The van der Waals surface area contributed by atoms with Crippen LogP contribution in [-0.4, -0.2) is 122 Å². The molecular formula is C31H36O11. The predicted molar refractivity (Wildman–Crippen MR) is 146 cm³/mol. The van der Waals surface area contributed by atoms with Crippen molar-refractivity contribution in [2.75, 3.05) is 26.4 Å². The minimum atomic E-state index is -1.51. The summed E-state index contributed by atoms with van der Waals surface area (Å²) in [6.07, 6.45) is -11.5. The molecule has 11 heteroatoms. The number of fused-ring (bicyclic) bond motifs is 5. The molecule has 3 fully saturated rings. The van der Waals surface area contributed by atoms with Crippen LogP contribution in [0.1, 0.15) is 41.2 Å². The molecular weight excluding hydrogens is 548 g/mol. The van der Waals surface area contributed by atoms with Crippen LogP contribution >= 0.6 is 0 Å². The highest BCUT2D eigenvalue weighted by atomic mass is 16.6. The van der Waals surface area contributed by atoms with Gasteiger partial charge < -0.3 is 55.1 Å². The monoisotopic (exact) mass is 584 g/mol. The summed E-state index contributed by atoms with van der Waals surface area (Å²) in [6, 6.07) is 11.6. The lowest BCUT2D eigenvalue weighted by atomic mass is 9.71. The van der Waals surface area contributed by atoms with E-state index in [2.05, 4.69) is 11.8 Å². The lowest BCUT2D eigenvalue weighted by Gasteiger charge is -2.41. The maximum Gasteiger partial charge on any atom is 0.147 e. The van der Waals surface area contributed by atoms with Crippen LogP contribution in [-0.2, 0) is 19.6 Å². The van der Waals surface area contributed by atoms with Gasteiger partial charge in [0.25, 0.3) is 0 Å². The van der Waals surface area contributed by atoms with Crippen LogP contribution in [0.4, 0.5) is 0 Å². The van der Waals surface area contributed by atoms with Gasteiger partial charge in [0.15, 0.2) is 0 Å². The van der Waals surface area contributed by atoms with Crippen LogP contribution in [0.2, 0.25) is 0 Å². The highest BCUT2D eigenvalue weighted by Crippen LogP contribution is 2.54. The van der Waals surface area contributed by atoms with Crippen molar-refractivity contribution in [2.24, 2.45) is 0 Å².